The molecule has 1 aliphatic rings. The summed E-state index contributed by atoms with van der Waals surface area (Å²) in [6.45, 7) is 7.16. The highest BCUT2D eigenvalue weighted by Gasteiger charge is 2.43. The summed E-state index contributed by atoms with van der Waals surface area (Å²) in [6.07, 6.45) is 2.41. The molecule has 0 saturated carbocycles. The average Bonchev–Trinajstić information content (AvgIpc) is 3.45. The van der Waals surface area contributed by atoms with E-state index in [4.69, 9.17) is 4.74 Å². The van der Waals surface area contributed by atoms with Crippen molar-refractivity contribution in [2.24, 2.45) is 0 Å². The van der Waals surface area contributed by atoms with Gasteiger partial charge in [0.15, 0.2) is 11.4 Å². The Morgan fingerprint density at radius 2 is 2.14 bits per heavy atom. The van der Waals surface area contributed by atoms with Crippen LogP contribution in [-0.2, 0) is 14.9 Å². The van der Waals surface area contributed by atoms with Gasteiger partial charge < -0.3 is 14.4 Å². The van der Waals surface area contributed by atoms with Gasteiger partial charge in [-0.25, -0.2) is 13.6 Å². The van der Waals surface area contributed by atoms with Gasteiger partial charge in [0, 0.05) is 39.9 Å². The smallest absolute Gasteiger partial charge is 0.335 e. The van der Waals surface area contributed by atoms with Gasteiger partial charge in [-0.3, -0.25) is 5.10 Å². The van der Waals surface area contributed by atoms with Crippen molar-refractivity contribution in [3.63, 3.8) is 0 Å². The number of rotatable bonds is 5. The third-order valence-corrected chi connectivity index (χ3v) is 7.64. The molecule has 3 heterocycles. The lowest BCUT2D eigenvalue weighted by atomic mass is 9.77. The molecule has 0 aliphatic carbocycles. The number of halogens is 2. The van der Waals surface area contributed by atoms with Crippen LogP contribution in [0.5, 0.6) is 0 Å². The third-order valence-electron chi connectivity index (χ3n) is 7.64. The molecule has 37 heavy (non-hydrogen) atoms. The van der Waals surface area contributed by atoms with Crippen molar-refractivity contribution in [2.45, 2.75) is 63.9 Å². The first-order chi connectivity index (χ1) is 17.5. The number of carboxylic acid groups (broad SMARTS) is 1. The highest BCUT2D eigenvalue weighted by molar-refractivity contribution is 6.00. The second kappa shape index (κ2) is 8.67. The summed E-state index contributed by atoms with van der Waals surface area (Å²) in [5, 5.41) is 27.1. The van der Waals surface area contributed by atoms with Crippen LogP contribution in [-0.4, -0.2) is 38.0 Å². The minimum absolute atomic E-state index is 0.0838. The molecule has 2 atom stereocenters. The molecule has 1 unspecified atom stereocenters. The lowest BCUT2D eigenvalue weighted by molar-refractivity contribution is -0.170. The lowest BCUT2D eigenvalue weighted by Gasteiger charge is -2.36. The number of aromatic nitrogens is 3. The highest BCUT2D eigenvalue weighted by atomic mass is 19.1. The Kier molecular flexibility index (Phi) is 5.83. The van der Waals surface area contributed by atoms with Crippen LogP contribution >= 0.6 is 0 Å². The molecule has 1 saturated heterocycles. The first kappa shape index (κ1) is 24.9. The maximum Gasteiger partial charge on any atom is 0.335 e. The van der Waals surface area contributed by atoms with E-state index in [0.29, 0.717) is 39.5 Å². The summed E-state index contributed by atoms with van der Waals surface area (Å²) >= 11 is 0. The largest absolute Gasteiger partial charge is 0.479 e. The van der Waals surface area contributed by atoms with Crippen LogP contribution in [0.15, 0.2) is 30.5 Å². The van der Waals surface area contributed by atoms with E-state index in [2.05, 4.69) is 16.3 Å². The molecule has 5 rings (SSSR count). The quantitative estimate of drug-likeness (QED) is 0.344. The van der Waals surface area contributed by atoms with Crippen LogP contribution in [0.1, 0.15) is 62.8 Å². The fourth-order valence-corrected chi connectivity index (χ4v) is 5.50. The molecule has 0 amide bonds. The van der Waals surface area contributed by atoms with Crippen molar-refractivity contribution in [1.82, 2.24) is 14.8 Å². The van der Waals surface area contributed by atoms with Gasteiger partial charge >= 0.3 is 5.97 Å². The molecule has 9 heteroatoms. The molecule has 192 valence electrons. The first-order valence-corrected chi connectivity index (χ1v) is 12.2. The van der Waals surface area contributed by atoms with Crippen LogP contribution in [0, 0.1) is 29.9 Å². The number of aromatic amines is 1. The Morgan fingerprint density at radius 3 is 2.76 bits per heavy atom. The fourth-order valence-electron chi connectivity index (χ4n) is 5.50. The Hall–Kier alpha value is -3.77. The summed E-state index contributed by atoms with van der Waals surface area (Å²) in [4.78, 5) is 11.8. The second-order valence-electron chi connectivity index (χ2n) is 10.8. The molecule has 0 spiro atoms. The molecule has 2 N–H and O–H groups in total. The molecule has 1 aliphatic heterocycles. The monoisotopic (exact) mass is 506 g/mol. The predicted molar refractivity (Wildman–Crippen MR) is 135 cm³/mol. The Labute approximate surface area is 212 Å². The van der Waals surface area contributed by atoms with Crippen LogP contribution < -0.4 is 0 Å². The summed E-state index contributed by atoms with van der Waals surface area (Å²) in [5.74, 6) is -2.18. The van der Waals surface area contributed by atoms with E-state index in [0.717, 1.165) is 5.69 Å². The van der Waals surface area contributed by atoms with Gasteiger partial charge in [0.05, 0.1) is 24.4 Å². The standard InChI is InChI=1S/C28H28F2N4O3/c1-15-11-18(5-6-19(15)29)34-20-12-17-13-32-33-24(17)23(30)22(20)21(25(34)27(2,3)9-10-31)16-7-8-28(4,26(35)36)37-14-16/h5-6,11-13,16H,7-9,14H2,1-4H3,(H,32,33)(H,35,36)/t16?,28-/m0/s1. The topological polar surface area (TPSA) is 104 Å². The van der Waals surface area contributed by atoms with Gasteiger partial charge in [-0.15, -0.1) is 0 Å². The van der Waals surface area contributed by atoms with E-state index in [-0.39, 0.29) is 36.7 Å². The summed E-state index contributed by atoms with van der Waals surface area (Å²) in [7, 11) is 0. The van der Waals surface area contributed by atoms with Gasteiger partial charge in [-0.1, -0.05) is 13.8 Å². The van der Waals surface area contributed by atoms with Crippen LogP contribution in [0.25, 0.3) is 27.5 Å². The summed E-state index contributed by atoms with van der Waals surface area (Å²) in [5.41, 5.74) is 1.27. The van der Waals surface area contributed by atoms with Crippen molar-refractivity contribution in [3.8, 4) is 11.8 Å². The van der Waals surface area contributed by atoms with E-state index in [9.17, 15) is 19.6 Å². The zero-order valence-electron chi connectivity index (χ0n) is 21.2. The van der Waals surface area contributed by atoms with Gasteiger partial charge in [0.2, 0.25) is 0 Å². The van der Waals surface area contributed by atoms with Crippen LogP contribution in [0.4, 0.5) is 8.78 Å². The third kappa shape index (κ3) is 3.87. The molecule has 1 fully saturated rings. The molecule has 4 aromatic rings. The number of nitriles is 1. The zero-order valence-corrected chi connectivity index (χ0v) is 21.2. The van der Waals surface area contributed by atoms with Gasteiger partial charge in [-0.2, -0.15) is 10.4 Å². The molecule has 0 bridgehead atoms. The van der Waals surface area contributed by atoms with Gasteiger partial charge in [0.1, 0.15) is 11.3 Å². The van der Waals surface area contributed by atoms with E-state index in [1.54, 1.807) is 32.2 Å². The van der Waals surface area contributed by atoms with Crippen molar-refractivity contribution < 1.29 is 23.4 Å². The minimum atomic E-state index is -1.32. The fraction of sp³-hybridized carbons (Fsp3) is 0.393. The SMILES string of the molecule is Cc1cc(-n2c(C(C)(C)CC#N)c(C3CC[C@@](C)(C(=O)O)OC3)c3c(F)c4[nH]ncc4cc32)ccc1F. The number of benzene rings is 2. The molecule has 0 radical (unpaired) electrons. The number of fused-ring (bicyclic) bond motifs is 2. The van der Waals surface area contributed by atoms with Crippen molar-refractivity contribution in [2.75, 3.05) is 6.61 Å². The number of H-pyrrole nitrogens is 1. The van der Waals surface area contributed by atoms with Crippen molar-refractivity contribution >= 4 is 27.8 Å². The average molecular weight is 507 g/mol. The Bertz CT molecular complexity index is 1590. The number of nitrogens with one attached hydrogen (secondary N) is 1. The molecule has 2 aromatic heterocycles. The highest BCUT2D eigenvalue weighted by Crippen LogP contribution is 2.47. The van der Waals surface area contributed by atoms with E-state index in [1.807, 2.05) is 24.5 Å². The number of aryl methyl sites for hydroxylation is 1. The number of carbonyl (C=O) groups is 1. The van der Waals surface area contributed by atoms with Crippen LogP contribution in [0.3, 0.4) is 0 Å². The zero-order chi connectivity index (χ0) is 26.7. The normalized spacial score (nSPS) is 20.4. The number of hydrogen-bond acceptors (Lipinski definition) is 4. The summed E-state index contributed by atoms with van der Waals surface area (Å²) < 4.78 is 38.3. The van der Waals surface area contributed by atoms with E-state index < -0.39 is 22.8 Å². The second-order valence-corrected chi connectivity index (χ2v) is 10.8. The van der Waals surface area contributed by atoms with Crippen molar-refractivity contribution in [1.29, 1.82) is 5.26 Å². The maximum atomic E-state index is 16.3. The number of hydrogen-bond donors (Lipinski definition) is 2. The van der Waals surface area contributed by atoms with Crippen LogP contribution in [0.2, 0.25) is 0 Å². The molecule has 7 nitrogen and oxygen atoms in total. The van der Waals surface area contributed by atoms with Crippen molar-refractivity contribution in [3.05, 3.63) is 58.9 Å². The number of carboxylic acids is 1. The van der Waals surface area contributed by atoms with E-state index in [1.165, 1.54) is 6.07 Å². The number of aliphatic carboxylic acids is 1. The number of nitrogens with zero attached hydrogens (tertiary/aromatic N) is 3. The Balaban J connectivity index is 1.88. The van der Waals surface area contributed by atoms with E-state index >= 15 is 4.39 Å². The molecular weight excluding hydrogens is 478 g/mol. The lowest BCUT2D eigenvalue weighted by Crippen LogP contribution is -2.43. The predicted octanol–water partition coefficient (Wildman–Crippen LogP) is 6.02. The number of ether oxygens (including phenoxy) is 1. The maximum absolute atomic E-state index is 16.3. The van der Waals surface area contributed by atoms with Gasteiger partial charge in [-0.05, 0) is 62.1 Å². The minimum Gasteiger partial charge on any atom is -0.479 e. The molecular formula is C28H28F2N4O3. The summed E-state index contributed by atoms with van der Waals surface area (Å²) in [6, 6.07) is 8.84. The van der Waals surface area contributed by atoms with Gasteiger partial charge in [0.25, 0.3) is 0 Å². The first-order valence-electron chi connectivity index (χ1n) is 12.2. The molecule has 2 aromatic carbocycles. The Morgan fingerprint density at radius 1 is 1.38 bits per heavy atom.